The van der Waals surface area contributed by atoms with Crippen molar-refractivity contribution >= 4 is 63.8 Å². The van der Waals surface area contributed by atoms with Crippen LogP contribution in [0.25, 0.3) is 10.9 Å². The highest BCUT2D eigenvalue weighted by Gasteiger charge is 2.43. The summed E-state index contributed by atoms with van der Waals surface area (Å²) in [6.07, 6.45) is -5.96. The van der Waals surface area contributed by atoms with E-state index in [4.69, 9.17) is 37.8 Å². The molecule has 0 aliphatic carbocycles. The maximum atomic E-state index is 12.7. The summed E-state index contributed by atoms with van der Waals surface area (Å²) in [5, 5.41) is 21.4. The van der Waals surface area contributed by atoms with Gasteiger partial charge in [-0.25, -0.2) is 24.4 Å². The van der Waals surface area contributed by atoms with E-state index < -0.39 is 41.3 Å². The maximum absolute atomic E-state index is 12.7. The van der Waals surface area contributed by atoms with Crippen LogP contribution in [0.2, 0.25) is 10.0 Å². The van der Waals surface area contributed by atoms with E-state index in [2.05, 4.69) is 15.3 Å². The number of amides is 1. The molecule has 50 heavy (non-hydrogen) atoms. The molecule has 2 heterocycles. The second kappa shape index (κ2) is 14.7. The largest absolute Gasteiger partial charge is 0.479 e. The number of carboxylic acid groups (broad SMARTS) is 2. The molecular formula is C34H28Cl2F3N3O8. The molecule has 5 rings (SSSR count). The monoisotopic (exact) mass is 733 g/mol. The number of benzene rings is 3. The molecule has 11 nitrogen and oxygen atoms in total. The summed E-state index contributed by atoms with van der Waals surface area (Å²) in [6.45, 7) is 6.70. The van der Waals surface area contributed by atoms with Gasteiger partial charge in [0, 0.05) is 5.39 Å². The summed E-state index contributed by atoms with van der Waals surface area (Å²) in [5.74, 6) is -3.53. The van der Waals surface area contributed by atoms with Gasteiger partial charge in [0.15, 0.2) is 11.9 Å². The van der Waals surface area contributed by atoms with Crippen molar-refractivity contribution in [2.75, 3.05) is 0 Å². The maximum Gasteiger partial charge on any atom is 0.416 e. The Labute approximate surface area is 292 Å². The third kappa shape index (κ3) is 8.32. The summed E-state index contributed by atoms with van der Waals surface area (Å²) in [5.41, 5.74) is -1.17. The second-order valence-electron chi connectivity index (χ2n) is 11.4. The number of fused-ring (bicyclic) bond motifs is 1. The summed E-state index contributed by atoms with van der Waals surface area (Å²) in [4.78, 5) is 55.5. The molecule has 0 saturated heterocycles. The molecule has 4 aromatic rings. The van der Waals surface area contributed by atoms with Crippen molar-refractivity contribution in [3.8, 4) is 11.5 Å². The van der Waals surface area contributed by atoms with Crippen LogP contribution >= 0.6 is 23.2 Å². The van der Waals surface area contributed by atoms with E-state index in [1.165, 1.54) is 12.1 Å². The van der Waals surface area contributed by atoms with Crippen LogP contribution < -0.4 is 10.1 Å². The molecule has 1 aliphatic rings. The highest BCUT2D eigenvalue weighted by atomic mass is 35.5. The van der Waals surface area contributed by atoms with Crippen LogP contribution in [-0.2, 0) is 20.5 Å². The fourth-order valence-corrected chi connectivity index (χ4v) is 4.81. The number of hydrogen-bond donors (Lipinski definition) is 3. The Kier molecular flexibility index (Phi) is 11.1. The van der Waals surface area contributed by atoms with Gasteiger partial charge in [-0.15, -0.1) is 0 Å². The topological polar surface area (TPSA) is 164 Å². The van der Waals surface area contributed by atoms with Gasteiger partial charge in [0.2, 0.25) is 0 Å². The number of ether oxygens (including phenoxy) is 2. The lowest BCUT2D eigenvalue weighted by molar-refractivity contribution is -0.146. The molecule has 0 bridgehead atoms. The van der Waals surface area contributed by atoms with E-state index in [0.29, 0.717) is 11.6 Å². The van der Waals surface area contributed by atoms with Gasteiger partial charge in [-0.05, 0) is 68.3 Å². The predicted molar refractivity (Wildman–Crippen MR) is 177 cm³/mol. The number of aromatic nitrogens is 1. The first-order chi connectivity index (χ1) is 23.3. The quantitative estimate of drug-likeness (QED) is 0.154. The zero-order valence-corrected chi connectivity index (χ0v) is 28.1. The van der Waals surface area contributed by atoms with E-state index in [1.807, 2.05) is 26.0 Å². The summed E-state index contributed by atoms with van der Waals surface area (Å²) in [7, 11) is 0. The van der Waals surface area contributed by atoms with Crippen LogP contribution in [0.4, 0.5) is 13.2 Å². The number of carbonyl (C=O) groups is 4. The molecule has 16 heteroatoms. The Hall–Kier alpha value is -5.21. The molecule has 262 valence electrons. The van der Waals surface area contributed by atoms with Gasteiger partial charge >= 0.3 is 24.1 Å². The number of amidine groups is 1. The molecule has 0 fully saturated rings. The Morgan fingerprint density at radius 1 is 0.920 bits per heavy atom. The normalized spacial score (nSPS) is 16.2. The molecular weight excluding hydrogens is 706 g/mol. The number of aliphatic carboxylic acids is 1. The van der Waals surface area contributed by atoms with Crippen LogP contribution in [0.3, 0.4) is 0 Å². The van der Waals surface area contributed by atoms with Crippen molar-refractivity contribution in [2.24, 2.45) is 10.9 Å². The van der Waals surface area contributed by atoms with Crippen LogP contribution in [0.1, 0.15) is 59.7 Å². The molecule has 3 N–H and O–H groups in total. The molecule has 1 unspecified atom stereocenters. The van der Waals surface area contributed by atoms with E-state index in [1.54, 1.807) is 25.1 Å². The van der Waals surface area contributed by atoms with Gasteiger partial charge in [-0.2, -0.15) is 13.2 Å². The minimum absolute atomic E-state index is 0.0197. The minimum atomic E-state index is -4.56. The standard InChI is InChI=1S/C17H11Cl2F3O5.C17H17N3O3/c1-8(15(23)24)26-16(25)11-7-10(3-4-12(11)18)27-14-5-2-9(6-13(14)19)17(20,21)22;1-9(2)17(3)16(23)19-14(20-17)13-11(15(21)22)8-10-6-4-5-7-12(10)18-13/h2-8H,1H3,(H,23,24);4-9H,1-3H3,(H,21,22)(H,19,20,23)/t8-;/m0./s1. The highest BCUT2D eigenvalue weighted by Crippen LogP contribution is 2.37. The Balaban J connectivity index is 0.000000227. The molecule has 3 aromatic carbocycles. The number of nitrogens with zero attached hydrogens (tertiary/aromatic N) is 2. The number of hydrogen-bond acceptors (Lipinski definition) is 8. The molecule has 0 radical (unpaired) electrons. The minimum Gasteiger partial charge on any atom is -0.479 e. The third-order valence-electron chi connectivity index (χ3n) is 7.61. The first kappa shape index (κ1) is 37.6. The van der Waals surface area contributed by atoms with E-state index in [9.17, 15) is 37.5 Å². The number of halogens is 5. The second-order valence-corrected chi connectivity index (χ2v) is 12.2. The van der Waals surface area contributed by atoms with Gasteiger partial charge in [0.05, 0.1) is 32.3 Å². The number of carboxylic acids is 2. The summed E-state index contributed by atoms with van der Waals surface area (Å²) >= 11 is 11.7. The SMILES string of the molecule is CC(C)C1(C)N=C(c2nc3ccccc3cc2C(=O)O)NC1=O.C[C@H](OC(=O)c1cc(Oc2ccc(C(F)(F)F)cc2Cl)ccc1Cl)C(=O)O. The Morgan fingerprint density at radius 3 is 2.18 bits per heavy atom. The smallest absolute Gasteiger partial charge is 0.416 e. The number of rotatable bonds is 8. The van der Waals surface area contributed by atoms with Crippen molar-refractivity contribution in [1.29, 1.82) is 0 Å². The Morgan fingerprint density at radius 2 is 1.60 bits per heavy atom. The lowest BCUT2D eigenvalue weighted by Crippen LogP contribution is -2.41. The van der Waals surface area contributed by atoms with Crippen molar-refractivity contribution in [2.45, 2.75) is 45.5 Å². The van der Waals surface area contributed by atoms with Crippen molar-refractivity contribution in [3.05, 3.63) is 99.2 Å². The average Bonchev–Trinajstić information content (AvgIpc) is 3.36. The predicted octanol–water partition coefficient (Wildman–Crippen LogP) is 7.66. The van der Waals surface area contributed by atoms with Crippen LogP contribution in [0.5, 0.6) is 11.5 Å². The number of pyridine rings is 1. The van der Waals surface area contributed by atoms with Crippen molar-refractivity contribution < 1.29 is 52.0 Å². The lowest BCUT2D eigenvalue weighted by atomic mass is 9.89. The number of carbonyl (C=O) groups excluding carboxylic acids is 2. The first-order valence-corrected chi connectivity index (χ1v) is 15.4. The molecule has 2 atom stereocenters. The van der Waals surface area contributed by atoms with E-state index >= 15 is 0 Å². The van der Waals surface area contributed by atoms with E-state index in [0.717, 1.165) is 30.5 Å². The van der Waals surface area contributed by atoms with Gasteiger partial charge in [0.25, 0.3) is 5.91 Å². The third-order valence-corrected chi connectivity index (χ3v) is 8.24. The fraction of sp³-hybridized carbons (Fsp3) is 0.235. The van der Waals surface area contributed by atoms with Crippen molar-refractivity contribution in [1.82, 2.24) is 10.3 Å². The zero-order chi connectivity index (χ0) is 37.1. The number of alkyl halides is 3. The number of para-hydroxylation sites is 1. The number of nitrogens with one attached hydrogen (secondary N) is 1. The molecule has 1 aromatic heterocycles. The Bertz CT molecular complexity index is 2040. The zero-order valence-electron chi connectivity index (χ0n) is 26.6. The van der Waals surface area contributed by atoms with Gasteiger partial charge in [-0.1, -0.05) is 55.2 Å². The van der Waals surface area contributed by atoms with Crippen molar-refractivity contribution in [3.63, 3.8) is 0 Å². The van der Waals surface area contributed by atoms with Gasteiger partial charge in [0.1, 0.15) is 22.7 Å². The number of esters is 1. The number of aromatic carboxylic acids is 1. The van der Waals surface area contributed by atoms with Crippen LogP contribution in [-0.4, -0.2) is 56.5 Å². The molecule has 0 spiro atoms. The van der Waals surface area contributed by atoms with Gasteiger partial charge in [-0.3, -0.25) is 4.79 Å². The summed E-state index contributed by atoms with van der Waals surface area (Å²) in [6, 6.07) is 15.1. The first-order valence-electron chi connectivity index (χ1n) is 14.6. The van der Waals surface area contributed by atoms with Crippen LogP contribution in [0, 0.1) is 5.92 Å². The molecule has 1 aliphatic heterocycles. The summed E-state index contributed by atoms with van der Waals surface area (Å²) < 4.78 is 48.1. The van der Waals surface area contributed by atoms with E-state index in [-0.39, 0.29) is 56.0 Å². The fourth-order valence-electron chi connectivity index (χ4n) is 4.39. The number of aliphatic imine (C=N–C) groups is 1. The van der Waals surface area contributed by atoms with Gasteiger partial charge < -0.3 is 25.0 Å². The molecule has 1 amide bonds. The highest BCUT2D eigenvalue weighted by molar-refractivity contribution is 6.33. The van der Waals surface area contributed by atoms with Crippen LogP contribution in [0.15, 0.2) is 71.7 Å². The lowest BCUT2D eigenvalue weighted by Gasteiger charge is -2.21. The average molecular weight is 735 g/mol. The molecule has 0 saturated carbocycles.